The number of Topliss-reactive ketones (excluding diaryl/α,β-unsaturated/α-hetero) is 1. The molecule has 0 aliphatic heterocycles. The molecular formula is C38H44O4. The van der Waals surface area contributed by atoms with Gasteiger partial charge in [-0.1, -0.05) is 150 Å². The van der Waals surface area contributed by atoms with Crippen molar-refractivity contribution in [3.63, 3.8) is 0 Å². The van der Waals surface area contributed by atoms with Crippen LogP contribution in [-0.2, 0) is 0 Å². The van der Waals surface area contributed by atoms with Crippen molar-refractivity contribution in [2.45, 2.75) is 83.3 Å². The Morgan fingerprint density at radius 3 is 1.90 bits per heavy atom. The Morgan fingerprint density at radius 1 is 0.714 bits per heavy atom. The number of allylic oxidation sites excluding steroid dienone is 2. The van der Waals surface area contributed by atoms with Crippen LogP contribution in [0, 0.1) is 5.92 Å². The van der Waals surface area contributed by atoms with E-state index in [4.69, 9.17) is 4.74 Å². The Balaban J connectivity index is 1.48. The molecule has 0 aromatic heterocycles. The zero-order valence-corrected chi connectivity index (χ0v) is 24.8. The molecule has 220 valence electrons. The van der Waals surface area contributed by atoms with Crippen LogP contribution in [0.1, 0.15) is 104 Å². The first-order chi connectivity index (χ1) is 20.5. The highest BCUT2D eigenvalue weighted by molar-refractivity contribution is 6.10. The maximum Gasteiger partial charge on any atom is 0.242 e. The van der Waals surface area contributed by atoms with Crippen molar-refractivity contribution < 1.29 is 19.4 Å². The average Bonchev–Trinajstić information content (AvgIpc) is 3.02. The zero-order valence-electron chi connectivity index (χ0n) is 24.8. The lowest BCUT2D eigenvalue weighted by Gasteiger charge is -2.35. The molecule has 0 spiro atoms. The summed E-state index contributed by atoms with van der Waals surface area (Å²) >= 11 is 0. The molecule has 4 nitrogen and oxygen atoms in total. The number of carbonyl (C=O) groups excluding carboxylic acids is 2. The number of hydrogen-bond acceptors (Lipinski definition) is 4. The first-order valence-corrected chi connectivity index (χ1v) is 15.6. The fourth-order valence-corrected chi connectivity index (χ4v) is 5.55. The molecule has 0 saturated heterocycles. The summed E-state index contributed by atoms with van der Waals surface area (Å²) < 4.78 is 6.29. The Morgan fingerprint density at radius 2 is 1.26 bits per heavy atom. The van der Waals surface area contributed by atoms with Crippen LogP contribution >= 0.6 is 0 Å². The van der Waals surface area contributed by atoms with E-state index in [1.165, 1.54) is 51.4 Å². The largest absolute Gasteiger partial charge is 0.457 e. The van der Waals surface area contributed by atoms with Gasteiger partial charge < -0.3 is 9.84 Å². The lowest BCUT2D eigenvalue weighted by Crippen LogP contribution is -2.46. The minimum Gasteiger partial charge on any atom is -0.457 e. The Hall–Kier alpha value is -3.76. The number of para-hydroxylation sites is 1. The smallest absolute Gasteiger partial charge is 0.242 e. The maximum atomic E-state index is 13.6. The van der Waals surface area contributed by atoms with E-state index in [-0.39, 0.29) is 17.3 Å². The van der Waals surface area contributed by atoms with Crippen molar-refractivity contribution in [1.82, 2.24) is 0 Å². The number of rotatable bonds is 17. The van der Waals surface area contributed by atoms with Crippen molar-refractivity contribution in [3.05, 3.63) is 125 Å². The monoisotopic (exact) mass is 564 g/mol. The third-order valence-corrected chi connectivity index (χ3v) is 7.94. The van der Waals surface area contributed by atoms with E-state index in [0.717, 1.165) is 24.8 Å². The molecule has 0 bridgehead atoms. The third kappa shape index (κ3) is 8.62. The molecule has 0 fully saturated rings. The molecule has 0 heterocycles. The SMILES string of the molecule is CCCCCCCCCCCCC1=CC(O)(Oc2ccccc2C(=O)c2ccccc2)C(C(=O)c2ccccc2)C=C1. The zero-order chi connectivity index (χ0) is 29.6. The van der Waals surface area contributed by atoms with Crippen LogP contribution in [0.4, 0.5) is 0 Å². The van der Waals surface area contributed by atoms with Crippen LogP contribution in [0.25, 0.3) is 0 Å². The van der Waals surface area contributed by atoms with Gasteiger partial charge in [-0.25, -0.2) is 0 Å². The number of benzene rings is 3. The normalized spacial score (nSPS) is 18.0. The van der Waals surface area contributed by atoms with Gasteiger partial charge in [0.25, 0.3) is 0 Å². The van der Waals surface area contributed by atoms with Crippen LogP contribution in [0.15, 0.2) is 109 Å². The second-order valence-corrected chi connectivity index (χ2v) is 11.3. The van der Waals surface area contributed by atoms with Crippen LogP contribution in [0.3, 0.4) is 0 Å². The van der Waals surface area contributed by atoms with Crippen LogP contribution in [0.5, 0.6) is 5.75 Å². The van der Waals surface area contributed by atoms with Crippen LogP contribution in [0.2, 0.25) is 0 Å². The van der Waals surface area contributed by atoms with Crippen molar-refractivity contribution >= 4 is 11.6 Å². The number of ether oxygens (including phenoxy) is 1. The predicted molar refractivity (Wildman–Crippen MR) is 170 cm³/mol. The summed E-state index contributed by atoms with van der Waals surface area (Å²) in [5.74, 6) is -3.11. The minimum absolute atomic E-state index is 0.207. The lowest BCUT2D eigenvalue weighted by atomic mass is 9.83. The summed E-state index contributed by atoms with van der Waals surface area (Å²) in [5.41, 5.74) is 2.29. The predicted octanol–water partition coefficient (Wildman–Crippen LogP) is 9.29. The summed E-state index contributed by atoms with van der Waals surface area (Å²) in [5, 5.41) is 12.0. The van der Waals surface area contributed by atoms with E-state index in [0.29, 0.717) is 16.7 Å². The highest BCUT2D eigenvalue weighted by atomic mass is 16.6. The van der Waals surface area contributed by atoms with Gasteiger partial charge in [-0.15, -0.1) is 0 Å². The molecular weight excluding hydrogens is 520 g/mol. The summed E-state index contributed by atoms with van der Waals surface area (Å²) in [6.07, 6.45) is 18.7. The summed E-state index contributed by atoms with van der Waals surface area (Å²) in [7, 11) is 0. The molecule has 4 heteroatoms. The average molecular weight is 565 g/mol. The van der Waals surface area contributed by atoms with Crippen molar-refractivity contribution in [2.75, 3.05) is 0 Å². The van der Waals surface area contributed by atoms with Gasteiger partial charge in [0.05, 0.1) is 5.56 Å². The highest BCUT2D eigenvalue weighted by Crippen LogP contribution is 2.36. The number of hydrogen-bond donors (Lipinski definition) is 1. The molecule has 0 saturated carbocycles. The van der Waals surface area contributed by atoms with Gasteiger partial charge in [0, 0.05) is 11.1 Å². The number of ketones is 2. The van der Waals surface area contributed by atoms with Crippen LogP contribution in [-0.4, -0.2) is 22.5 Å². The standard InChI is InChI=1S/C38H44O4/c1-2-3-4-5-6-7-8-9-10-13-20-30-27-28-34(37(40)32-23-16-12-17-24-32)38(41,29-30)42-35-26-19-18-25-33(35)36(39)31-21-14-11-15-22-31/h11-12,14-19,21-29,34,41H,2-10,13,20H2,1H3. The van der Waals surface area contributed by atoms with E-state index >= 15 is 0 Å². The fraction of sp³-hybridized carbons (Fsp3) is 0.368. The van der Waals surface area contributed by atoms with Gasteiger partial charge in [0.2, 0.25) is 5.79 Å². The molecule has 4 rings (SSSR count). The molecule has 3 aromatic carbocycles. The number of aliphatic hydroxyl groups is 1. The van der Waals surface area contributed by atoms with Gasteiger partial charge in [0.15, 0.2) is 11.6 Å². The van der Waals surface area contributed by atoms with E-state index in [9.17, 15) is 14.7 Å². The van der Waals surface area contributed by atoms with Gasteiger partial charge in [0.1, 0.15) is 11.7 Å². The van der Waals surface area contributed by atoms with Crippen molar-refractivity contribution in [2.24, 2.45) is 5.92 Å². The summed E-state index contributed by atoms with van der Waals surface area (Å²) in [6, 6.07) is 24.8. The molecule has 1 N–H and O–H groups in total. The molecule has 1 aliphatic carbocycles. The minimum atomic E-state index is -1.94. The Bertz CT molecular complexity index is 1340. The molecule has 0 amide bonds. The molecule has 3 aromatic rings. The Kier molecular flexibility index (Phi) is 11.9. The highest BCUT2D eigenvalue weighted by Gasteiger charge is 2.43. The molecule has 2 atom stereocenters. The molecule has 42 heavy (non-hydrogen) atoms. The summed E-state index contributed by atoms with van der Waals surface area (Å²) in [4.78, 5) is 27.0. The number of unbranched alkanes of at least 4 members (excludes halogenated alkanes) is 9. The van der Waals surface area contributed by atoms with Gasteiger partial charge in [-0.05, 0) is 36.6 Å². The maximum absolute atomic E-state index is 13.6. The molecule has 0 radical (unpaired) electrons. The van der Waals surface area contributed by atoms with Gasteiger partial charge in [-0.2, -0.15) is 0 Å². The van der Waals surface area contributed by atoms with Gasteiger partial charge in [-0.3, -0.25) is 9.59 Å². The number of carbonyl (C=O) groups is 2. The summed E-state index contributed by atoms with van der Waals surface area (Å²) in [6.45, 7) is 2.25. The fourth-order valence-electron chi connectivity index (χ4n) is 5.55. The topological polar surface area (TPSA) is 63.6 Å². The van der Waals surface area contributed by atoms with E-state index in [1.54, 1.807) is 72.8 Å². The quantitative estimate of drug-likeness (QED) is 0.101. The van der Waals surface area contributed by atoms with Gasteiger partial charge >= 0.3 is 0 Å². The first kappa shape index (κ1) is 31.2. The second-order valence-electron chi connectivity index (χ2n) is 11.3. The molecule has 1 aliphatic rings. The lowest BCUT2D eigenvalue weighted by molar-refractivity contribution is -0.116. The third-order valence-electron chi connectivity index (χ3n) is 7.94. The molecule has 2 unspecified atom stereocenters. The van der Waals surface area contributed by atoms with E-state index in [1.807, 2.05) is 30.3 Å². The van der Waals surface area contributed by atoms with Crippen molar-refractivity contribution in [1.29, 1.82) is 0 Å². The second kappa shape index (κ2) is 16.0. The van der Waals surface area contributed by atoms with E-state index in [2.05, 4.69) is 6.92 Å². The van der Waals surface area contributed by atoms with Crippen LogP contribution < -0.4 is 4.74 Å². The van der Waals surface area contributed by atoms with E-state index < -0.39 is 11.7 Å². The first-order valence-electron chi connectivity index (χ1n) is 15.6. The van der Waals surface area contributed by atoms with Crippen molar-refractivity contribution in [3.8, 4) is 5.75 Å². The Labute approximate surface area is 251 Å².